The van der Waals surface area contributed by atoms with Gasteiger partial charge in [0.05, 0.1) is 11.4 Å². The Labute approximate surface area is 104 Å². The molecule has 0 aliphatic rings. The molecule has 94 valence electrons. The molecule has 1 aromatic carbocycles. The SMILES string of the molecule is O=C(O)CSc1nncn1-c1ccc(F)cc1F. The van der Waals surface area contributed by atoms with Crippen molar-refractivity contribution in [3.63, 3.8) is 0 Å². The summed E-state index contributed by atoms with van der Waals surface area (Å²) in [5, 5.41) is 16.0. The average molecular weight is 271 g/mol. The maximum Gasteiger partial charge on any atom is 0.313 e. The third-order valence-corrected chi connectivity index (χ3v) is 2.94. The minimum atomic E-state index is -1.02. The molecule has 0 amide bonds. The Bertz CT molecular complexity index is 588. The van der Waals surface area contributed by atoms with Crippen LogP contribution in [0.4, 0.5) is 8.78 Å². The summed E-state index contributed by atoms with van der Waals surface area (Å²) in [6.45, 7) is 0. The van der Waals surface area contributed by atoms with Gasteiger partial charge in [-0.15, -0.1) is 10.2 Å². The van der Waals surface area contributed by atoms with Gasteiger partial charge in [-0.3, -0.25) is 9.36 Å². The molecule has 1 heterocycles. The number of thioether (sulfide) groups is 1. The molecule has 0 unspecified atom stereocenters. The average Bonchev–Trinajstić information content (AvgIpc) is 2.74. The summed E-state index contributed by atoms with van der Waals surface area (Å²) in [5.74, 6) is -2.70. The minimum absolute atomic E-state index is 0.0642. The Morgan fingerprint density at radius 2 is 2.22 bits per heavy atom. The van der Waals surface area contributed by atoms with Crippen molar-refractivity contribution in [2.24, 2.45) is 0 Å². The first-order valence-electron chi connectivity index (χ1n) is 4.78. The van der Waals surface area contributed by atoms with Crippen LogP contribution in [0.2, 0.25) is 0 Å². The Morgan fingerprint density at radius 3 is 2.89 bits per heavy atom. The van der Waals surface area contributed by atoms with Crippen molar-refractivity contribution >= 4 is 17.7 Å². The quantitative estimate of drug-likeness (QED) is 0.857. The van der Waals surface area contributed by atoms with Gasteiger partial charge in [-0.05, 0) is 12.1 Å². The highest BCUT2D eigenvalue weighted by molar-refractivity contribution is 7.99. The zero-order valence-electron chi connectivity index (χ0n) is 8.88. The van der Waals surface area contributed by atoms with E-state index in [1.165, 1.54) is 17.0 Å². The van der Waals surface area contributed by atoms with Crippen molar-refractivity contribution in [1.29, 1.82) is 0 Å². The molecule has 2 rings (SSSR count). The molecule has 18 heavy (non-hydrogen) atoms. The maximum absolute atomic E-state index is 13.6. The molecule has 8 heteroatoms. The van der Waals surface area contributed by atoms with Gasteiger partial charge in [-0.25, -0.2) is 8.78 Å². The summed E-state index contributed by atoms with van der Waals surface area (Å²) < 4.78 is 27.6. The van der Waals surface area contributed by atoms with E-state index in [4.69, 9.17) is 5.11 Å². The molecule has 0 atom stereocenters. The van der Waals surface area contributed by atoms with E-state index in [0.29, 0.717) is 0 Å². The molecule has 5 nitrogen and oxygen atoms in total. The van der Waals surface area contributed by atoms with Crippen LogP contribution in [0.3, 0.4) is 0 Å². The maximum atomic E-state index is 13.6. The van der Waals surface area contributed by atoms with Crippen molar-refractivity contribution in [2.45, 2.75) is 5.16 Å². The summed E-state index contributed by atoms with van der Waals surface area (Å²) in [7, 11) is 0. The van der Waals surface area contributed by atoms with Crippen LogP contribution in [0.25, 0.3) is 5.69 Å². The molecule has 0 spiro atoms. The van der Waals surface area contributed by atoms with E-state index in [1.54, 1.807) is 0 Å². The van der Waals surface area contributed by atoms with Gasteiger partial charge in [0.2, 0.25) is 0 Å². The van der Waals surface area contributed by atoms with Crippen molar-refractivity contribution < 1.29 is 18.7 Å². The molecule has 0 aliphatic carbocycles. The number of hydrogen-bond donors (Lipinski definition) is 1. The van der Waals surface area contributed by atoms with Crippen molar-refractivity contribution in [2.75, 3.05) is 5.75 Å². The highest BCUT2D eigenvalue weighted by Crippen LogP contribution is 2.21. The number of halogens is 2. The van der Waals surface area contributed by atoms with E-state index < -0.39 is 17.6 Å². The van der Waals surface area contributed by atoms with Crippen LogP contribution in [-0.4, -0.2) is 31.6 Å². The van der Waals surface area contributed by atoms with Gasteiger partial charge in [0.15, 0.2) is 5.16 Å². The number of benzene rings is 1. The fourth-order valence-electron chi connectivity index (χ4n) is 1.29. The van der Waals surface area contributed by atoms with Crippen LogP contribution in [0, 0.1) is 11.6 Å². The van der Waals surface area contributed by atoms with Gasteiger partial charge < -0.3 is 5.11 Å². The second kappa shape index (κ2) is 5.13. The first-order valence-corrected chi connectivity index (χ1v) is 5.76. The van der Waals surface area contributed by atoms with E-state index in [-0.39, 0.29) is 16.6 Å². The third kappa shape index (κ3) is 2.65. The topological polar surface area (TPSA) is 68.0 Å². The minimum Gasteiger partial charge on any atom is -0.481 e. The number of nitrogens with zero attached hydrogens (tertiary/aromatic N) is 3. The monoisotopic (exact) mass is 271 g/mol. The van der Waals surface area contributed by atoms with E-state index in [1.807, 2.05) is 0 Å². The van der Waals surface area contributed by atoms with Gasteiger partial charge >= 0.3 is 5.97 Å². The molecule has 0 radical (unpaired) electrons. The van der Waals surface area contributed by atoms with Crippen LogP contribution >= 0.6 is 11.8 Å². The summed E-state index contributed by atoms with van der Waals surface area (Å²) in [4.78, 5) is 10.5. The standard InChI is InChI=1S/C10H7F2N3O2S/c11-6-1-2-8(7(12)3-6)15-5-13-14-10(15)18-4-9(16)17/h1-3,5H,4H2,(H,16,17). The molecule has 0 aliphatic heterocycles. The van der Waals surface area contributed by atoms with Gasteiger partial charge in [-0.1, -0.05) is 11.8 Å². The van der Waals surface area contributed by atoms with Gasteiger partial charge in [0.1, 0.15) is 18.0 Å². The second-order valence-electron chi connectivity index (χ2n) is 3.26. The highest BCUT2D eigenvalue weighted by Gasteiger charge is 2.12. The molecule has 1 aromatic heterocycles. The smallest absolute Gasteiger partial charge is 0.313 e. The van der Waals surface area contributed by atoms with Gasteiger partial charge in [0.25, 0.3) is 0 Å². The Hall–Kier alpha value is -1.96. The normalized spacial score (nSPS) is 10.6. The van der Waals surface area contributed by atoms with E-state index in [2.05, 4.69) is 10.2 Å². The summed E-state index contributed by atoms with van der Waals surface area (Å²) in [5.41, 5.74) is 0.0642. The molecule has 0 saturated carbocycles. The fourth-order valence-corrected chi connectivity index (χ4v) is 1.93. The molecular weight excluding hydrogens is 264 g/mol. The van der Waals surface area contributed by atoms with Gasteiger partial charge in [0, 0.05) is 6.07 Å². The number of carboxylic acids is 1. The van der Waals surface area contributed by atoms with E-state index >= 15 is 0 Å². The molecule has 2 aromatic rings. The number of carbonyl (C=O) groups is 1. The molecule has 0 fully saturated rings. The number of hydrogen-bond acceptors (Lipinski definition) is 4. The lowest BCUT2D eigenvalue weighted by molar-refractivity contribution is -0.133. The van der Waals surface area contributed by atoms with Gasteiger partial charge in [-0.2, -0.15) is 0 Å². The summed E-state index contributed by atoms with van der Waals surface area (Å²) >= 11 is 0.899. The fraction of sp³-hybridized carbons (Fsp3) is 0.100. The van der Waals surface area contributed by atoms with Crippen molar-refractivity contribution in [1.82, 2.24) is 14.8 Å². The molecule has 0 bridgehead atoms. The lowest BCUT2D eigenvalue weighted by atomic mass is 10.3. The Kier molecular flexibility index (Phi) is 3.56. The number of aromatic nitrogens is 3. The predicted molar refractivity (Wildman–Crippen MR) is 59.6 cm³/mol. The van der Waals surface area contributed by atoms with E-state index in [9.17, 15) is 13.6 Å². The first kappa shape index (κ1) is 12.5. The van der Waals surface area contributed by atoms with Crippen molar-refractivity contribution in [3.05, 3.63) is 36.2 Å². The van der Waals surface area contributed by atoms with Crippen molar-refractivity contribution in [3.8, 4) is 5.69 Å². The molecule has 1 N–H and O–H groups in total. The molecule has 0 saturated heterocycles. The summed E-state index contributed by atoms with van der Waals surface area (Å²) in [6.07, 6.45) is 1.24. The Balaban J connectivity index is 2.33. The zero-order chi connectivity index (χ0) is 13.1. The Morgan fingerprint density at radius 1 is 1.44 bits per heavy atom. The highest BCUT2D eigenvalue weighted by atomic mass is 32.2. The predicted octanol–water partition coefficient (Wildman–Crippen LogP) is 1.72. The number of aliphatic carboxylic acids is 1. The van der Waals surface area contributed by atoms with Crippen LogP contribution in [0.15, 0.2) is 29.7 Å². The third-order valence-electron chi connectivity index (χ3n) is 2.01. The number of carboxylic acid groups (broad SMARTS) is 1. The van der Waals surface area contributed by atoms with Crippen LogP contribution < -0.4 is 0 Å². The van der Waals surface area contributed by atoms with E-state index in [0.717, 1.165) is 23.9 Å². The van der Waals surface area contributed by atoms with Crippen LogP contribution in [-0.2, 0) is 4.79 Å². The van der Waals surface area contributed by atoms with Crippen LogP contribution in [0.5, 0.6) is 0 Å². The first-order chi connectivity index (χ1) is 8.58. The lowest BCUT2D eigenvalue weighted by Crippen LogP contribution is -2.03. The van der Waals surface area contributed by atoms with Crippen LogP contribution in [0.1, 0.15) is 0 Å². The lowest BCUT2D eigenvalue weighted by Gasteiger charge is -2.06. The summed E-state index contributed by atoms with van der Waals surface area (Å²) in [6, 6.07) is 3.07. The molecular formula is C10H7F2N3O2S. The number of rotatable bonds is 4. The zero-order valence-corrected chi connectivity index (χ0v) is 9.69. The largest absolute Gasteiger partial charge is 0.481 e. The second-order valence-corrected chi connectivity index (χ2v) is 4.20.